The largest absolute Gasteiger partial charge is 0.323 e. The van der Waals surface area contributed by atoms with Gasteiger partial charge in [-0.3, -0.25) is 4.79 Å². The quantitative estimate of drug-likeness (QED) is 0.646. The Kier molecular flexibility index (Phi) is 6.58. The zero-order valence-corrected chi connectivity index (χ0v) is 18.5. The maximum absolute atomic E-state index is 13.1. The number of hydrogen-bond acceptors (Lipinski definition) is 4. The lowest BCUT2D eigenvalue weighted by Gasteiger charge is -2.22. The molecule has 0 spiro atoms. The second kappa shape index (κ2) is 8.74. The molecule has 27 heavy (non-hydrogen) atoms. The van der Waals surface area contributed by atoms with E-state index in [1.54, 1.807) is 11.8 Å². The number of anilines is 1. The van der Waals surface area contributed by atoms with E-state index in [4.69, 9.17) is 4.98 Å². The summed E-state index contributed by atoms with van der Waals surface area (Å²) in [5.41, 5.74) is 3.30. The second-order valence-corrected chi connectivity index (χ2v) is 10.0. The van der Waals surface area contributed by atoms with Gasteiger partial charge in [0.1, 0.15) is 0 Å². The lowest BCUT2D eigenvalue weighted by molar-refractivity contribution is -0.116. The summed E-state index contributed by atoms with van der Waals surface area (Å²) in [4.78, 5) is 21.0. The fourth-order valence-electron chi connectivity index (χ4n) is 3.26. The predicted molar refractivity (Wildman–Crippen MR) is 116 cm³/mol. The molecule has 0 aliphatic carbocycles. The number of aryl methyl sites for hydroxylation is 1. The highest BCUT2D eigenvalue weighted by Gasteiger charge is 2.24. The number of carbonyl (C=O) groups excluding carboxylic acids is 1. The molecule has 1 aromatic carbocycles. The van der Waals surface area contributed by atoms with Crippen LogP contribution in [0.3, 0.4) is 0 Å². The van der Waals surface area contributed by atoms with Crippen LogP contribution in [-0.4, -0.2) is 33.0 Å². The Labute approximate surface area is 171 Å². The van der Waals surface area contributed by atoms with Crippen LogP contribution in [-0.2, 0) is 11.3 Å². The molecule has 1 atom stereocenters. The van der Waals surface area contributed by atoms with Crippen molar-refractivity contribution in [3.05, 3.63) is 35.7 Å². The Morgan fingerprint density at radius 2 is 2.07 bits per heavy atom. The molecule has 0 saturated carbocycles. The van der Waals surface area contributed by atoms with Gasteiger partial charge in [0.05, 0.1) is 17.1 Å². The minimum Gasteiger partial charge on any atom is -0.323 e. The van der Waals surface area contributed by atoms with E-state index in [2.05, 4.69) is 50.5 Å². The van der Waals surface area contributed by atoms with E-state index in [1.165, 1.54) is 10.6 Å². The van der Waals surface area contributed by atoms with E-state index >= 15 is 0 Å². The Morgan fingerprint density at radius 3 is 2.81 bits per heavy atom. The summed E-state index contributed by atoms with van der Waals surface area (Å²) < 4.78 is 2.26. The van der Waals surface area contributed by atoms with Gasteiger partial charge in [0, 0.05) is 28.9 Å². The molecule has 6 heteroatoms. The molecule has 0 radical (unpaired) electrons. The Hall–Kier alpha value is -1.40. The molecule has 1 aromatic heterocycles. The first kappa shape index (κ1) is 20.3. The van der Waals surface area contributed by atoms with Gasteiger partial charge in [-0.1, -0.05) is 44.7 Å². The van der Waals surface area contributed by atoms with E-state index < -0.39 is 0 Å². The first-order valence-electron chi connectivity index (χ1n) is 9.59. The molecule has 1 amide bonds. The van der Waals surface area contributed by atoms with Gasteiger partial charge in [-0.25, -0.2) is 4.98 Å². The molecule has 0 fully saturated rings. The number of aromatic nitrogens is 2. The van der Waals surface area contributed by atoms with Crippen LogP contribution in [0.15, 0.2) is 34.3 Å². The minimum atomic E-state index is 0.163. The summed E-state index contributed by atoms with van der Waals surface area (Å²) in [5, 5.41) is 1.48. The molecule has 1 unspecified atom stereocenters. The molecule has 0 saturated heterocycles. The molecular formula is C21H29N3OS2. The first-order chi connectivity index (χ1) is 12.9. The number of rotatable bonds is 5. The highest BCUT2D eigenvalue weighted by atomic mass is 32.2. The zero-order valence-electron chi connectivity index (χ0n) is 16.9. The molecule has 2 heterocycles. The van der Waals surface area contributed by atoms with Gasteiger partial charge in [-0.2, -0.15) is 0 Å². The van der Waals surface area contributed by atoms with Crippen molar-refractivity contribution in [3.63, 3.8) is 0 Å². The van der Waals surface area contributed by atoms with Crippen LogP contribution >= 0.6 is 23.5 Å². The monoisotopic (exact) mass is 403 g/mol. The van der Waals surface area contributed by atoms with Gasteiger partial charge in [0.15, 0.2) is 5.16 Å². The number of carbonyl (C=O) groups is 1. The summed E-state index contributed by atoms with van der Waals surface area (Å²) in [7, 11) is 0. The van der Waals surface area contributed by atoms with Crippen LogP contribution in [0, 0.1) is 19.8 Å². The van der Waals surface area contributed by atoms with Crippen molar-refractivity contribution in [1.29, 1.82) is 0 Å². The molecule has 1 aliphatic heterocycles. The third kappa shape index (κ3) is 4.72. The van der Waals surface area contributed by atoms with Crippen LogP contribution in [0.2, 0.25) is 0 Å². The topological polar surface area (TPSA) is 38.1 Å². The summed E-state index contributed by atoms with van der Waals surface area (Å²) in [6.45, 7) is 12.5. The first-order valence-corrected chi connectivity index (χ1v) is 11.5. The standard InChI is InChI=1S/C21H29N3OS2/c1-14(2)12-24-17(5)16(4)22-21(24)26-13-20(25)23-11-10-15(3)27-19-9-7-6-8-18(19)23/h6-9,14-15H,10-13H2,1-5H3. The molecule has 2 aromatic rings. The average molecular weight is 404 g/mol. The molecule has 0 bridgehead atoms. The SMILES string of the molecule is Cc1nc(SCC(=O)N2CCC(C)Sc3ccccc32)n(CC(C)C)c1C. The van der Waals surface area contributed by atoms with Gasteiger partial charge in [0.25, 0.3) is 0 Å². The van der Waals surface area contributed by atoms with Crippen LogP contribution in [0.4, 0.5) is 5.69 Å². The highest BCUT2D eigenvalue weighted by molar-refractivity contribution is 8.00. The van der Waals surface area contributed by atoms with Gasteiger partial charge in [-0.15, -0.1) is 11.8 Å². The highest BCUT2D eigenvalue weighted by Crippen LogP contribution is 2.37. The third-order valence-corrected chi connectivity index (χ3v) is 7.04. The lowest BCUT2D eigenvalue weighted by Crippen LogP contribution is -2.33. The van der Waals surface area contributed by atoms with E-state index in [-0.39, 0.29) is 5.91 Å². The summed E-state index contributed by atoms with van der Waals surface area (Å²) in [6.07, 6.45) is 1.01. The number of thioether (sulfide) groups is 2. The smallest absolute Gasteiger partial charge is 0.237 e. The molecule has 146 valence electrons. The molecule has 0 N–H and O–H groups in total. The van der Waals surface area contributed by atoms with Crippen molar-refractivity contribution in [1.82, 2.24) is 9.55 Å². The van der Waals surface area contributed by atoms with Crippen LogP contribution in [0.1, 0.15) is 38.6 Å². The van der Waals surface area contributed by atoms with Crippen LogP contribution in [0.5, 0.6) is 0 Å². The third-order valence-electron chi connectivity index (χ3n) is 4.84. The molecule has 4 nitrogen and oxygen atoms in total. The maximum Gasteiger partial charge on any atom is 0.237 e. The maximum atomic E-state index is 13.1. The fourth-order valence-corrected chi connectivity index (χ4v) is 5.35. The van der Waals surface area contributed by atoms with Crippen molar-refractivity contribution in [2.45, 2.75) is 62.9 Å². The zero-order chi connectivity index (χ0) is 19.6. The van der Waals surface area contributed by atoms with Crippen LogP contribution < -0.4 is 4.90 Å². The van der Waals surface area contributed by atoms with Crippen molar-refractivity contribution in [2.75, 3.05) is 17.2 Å². The Morgan fingerprint density at radius 1 is 1.33 bits per heavy atom. The van der Waals surface area contributed by atoms with Crippen molar-refractivity contribution in [3.8, 4) is 0 Å². The van der Waals surface area contributed by atoms with E-state index in [0.717, 1.165) is 36.0 Å². The predicted octanol–water partition coefficient (Wildman–Crippen LogP) is 5.17. The number of hydrogen-bond donors (Lipinski definition) is 0. The van der Waals surface area contributed by atoms with E-state index in [0.29, 0.717) is 16.9 Å². The molecule has 1 aliphatic rings. The summed E-state index contributed by atoms with van der Waals surface area (Å²) >= 11 is 3.43. The van der Waals surface area contributed by atoms with E-state index in [9.17, 15) is 4.79 Å². The number of nitrogens with zero attached hydrogens (tertiary/aromatic N) is 3. The number of para-hydroxylation sites is 1. The Balaban J connectivity index is 1.76. The second-order valence-electron chi connectivity index (χ2n) is 7.59. The lowest BCUT2D eigenvalue weighted by atomic mass is 10.2. The Bertz CT molecular complexity index is 816. The normalized spacial score (nSPS) is 17.1. The number of fused-ring (bicyclic) bond motifs is 1. The van der Waals surface area contributed by atoms with Gasteiger partial charge in [0.2, 0.25) is 5.91 Å². The summed E-state index contributed by atoms with van der Waals surface area (Å²) in [5.74, 6) is 1.13. The van der Waals surface area contributed by atoms with Gasteiger partial charge >= 0.3 is 0 Å². The van der Waals surface area contributed by atoms with Crippen molar-refractivity contribution >= 4 is 35.1 Å². The average Bonchev–Trinajstić information content (AvgIpc) is 2.79. The summed E-state index contributed by atoms with van der Waals surface area (Å²) in [6, 6.07) is 8.26. The van der Waals surface area contributed by atoms with Crippen LogP contribution in [0.25, 0.3) is 0 Å². The van der Waals surface area contributed by atoms with Gasteiger partial charge in [-0.05, 0) is 38.3 Å². The van der Waals surface area contributed by atoms with Crippen molar-refractivity contribution < 1.29 is 4.79 Å². The molecular weight excluding hydrogens is 374 g/mol. The van der Waals surface area contributed by atoms with Gasteiger partial charge < -0.3 is 9.47 Å². The number of imidazole rings is 1. The van der Waals surface area contributed by atoms with Crippen molar-refractivity contribution in [2.24, 2.45) is 5.92 Å². The molecule has 3 rings (SSSR count). The number of benzene rings is 1. The van der Waals surface area contributed by atoms with E-state index in [1.807, 2.05) is 29.7 Å². The fraction of sp³-hybridized carbons (Fsp3) is 0.524. The number of amides is 1. The minimum absolute atomic E-state index is 0.163.